The first-order chi connectivity index (χ1) is 13.5. The molecule has 1 unspecified atom stereocenters. The van der Waals surface area contributed by atoms with E-state index in [1.807, 2.05) is 42.8 Å². The third kappa shape index (κ3) is 5.16. The number of benzene rings is 2. The molecule has 28 heavy (non-hydrogen) atoms. The molecule has 0 saturated heterocycles. The average molecular weight is 380 g/mol. The molecule has 1 atom stereocenters. The van der Waals surface area contributed by atoms with E-state index in [-0.39, 0.29) is 11.9 Å². The zero-order valence-electron chi connectivity index (χ0n) is 16.4. The van der Waals surface area contributed by atoms with Crippen LogP contribution < -0.4 is 10.6 Å². The fraction of sp³-hybridized carbons (Fsp3) is 0.286. The molecule has 3 rings (SSSR count). The van der Waals surface area contributed by atoms with Crippen molar-refractivity contribution in [1.29, 1.82) is 0 Å². The highest BCUT2D eigenvalue weighted by Gasteiger charge is 2.10. The minimum atomic E-state index is -0.262. The first-order valence-corrected chi connectivity index (χ1v) is 9.22. The van der Waals surface area contributed by atoms with Gasteiger partial charge in [-0.3, -0.25) is 0 Å². The molecule has 2 aromatic carbocycles. The maximum absolute atomic E-state index is 13.4. The van der Waals surface area contributed by atoms with Crippen LogP contribution in [0.5, 0.6) is 0 Å². The second-order valence-corrected chi connectivity index (χ2v) is 6.65. The highest BCUT2D eigenvalue weighted by Crippen LogP contribution is 2.11. The summed E-state index contributed by atoms with van der Waals surface area (Å²) >= 11 is 0. The zero-order chi connectivity index (χ0) is 19.9. The number of halogens is 1. The van der Waals surface area contributed by atoms with E-state index in [1.165, 1.54) is 12.1 Å². The van der Waals surface area contributed by atoms with Gasteiger partial charge in [0, 0.05) is 7.05 Å². The van der Waals surface area contributed by atoms with Crippen molar-refractivity contribution < 1.29 is 4.39 Å². The Kier molecular flexibility index (Phi) is 6.37. The van der Waals surface area contributed by atoms with Crippen LogP contribution in [-0.2, 0) is 20.1 Å². The van der Waals surface area contributed by atoms with Gasteiger partial charge in [-0.25, -0.2) is 9.38 Å². The van der Waals surface area contributed by atoms with Gasteiger partial charge in [-0.1, -0.05) is 42.5 Å². The van der Waals surface area contributed by atoms with E-state index in [1.54, 1.807) is 6.07 Å². The largest absolute Gasteiger partial charge is 0.350 e. The molecule has 0 radical (unpaired) electrons. The Balaban J connectivity index is 1.74. The molecule has 7 heteroatoms. The van der Waals surface area contributed by atoms with Crippen molar-refractivity contribution in [3.8, 4) is 0 Å². The van der Waals surface area contributed by atoms with Crippen molar-refractivity contribution in [3.63, 3.8) is 0 Å². The molecule has 2 N–H and O–H groups in total. The molecule has 3 aromatic rings. The van der Waals surface area contributed by atoms with Crippen LogP contribution in [0.1, 0.15) is 35.7 Å². The molecule has 0 spiro atoms. The van der Waals surface area contributed by atoms with Gasteiger partial charge < -0.3 is 15.2 Å². The molecule has 0 fully saturated rings. The predicted molar refractivity (Wildman–Crippen MR) is 108 cm³/mol. The summed E-state index contributed by atoms with van der Waals surface area (Å²) in [5, 5.41) is 14.9. The van der Waals surface area contributed by atoms with E-state index >= 15 is 0 Å². The van der Waals surface area contributed by atoms with Crippen molar-refractivity contribution in [2.24, 2.45) is 12.0 Å². The number of nitrogens with one attached hydrogen (secondary N) is 2. The highest BCUT2D eigenvalue weighted by molar-refractivity contribution is 5.80. The van der Waals surface area contributed by atoms with Crippen LogP contribution in [-0.4, -0.2) is 20.7 Å². The van der Waals surface area contributed by atoms with Gasteiger partial charge in [0.2, 0.25) is 0 Å². The second-order valence-electron chi connectivity index (χ2n) is 6.65. The van der Waals surface area contributed by atoms with E-state index in [4.69, 9.17) is 0 Å². The number of hydrogen-bond acceptors (Lipinski definition) is 3. The maximum Gasteiger partial charge on any atom is 0.192 e. The van der Waals surface area contributed by atoms with Crippen molar-refractivity contribution in [2.45, 2.75) is 33.0 Å². The Bertz CT molecular complexity index is 935. The van der Waals surface area contributed by atoms with E-state index in [2.05, 4.69) is 44.9 Å². The topological polar surface area (TPSA) is 67.1 Å². The monoisotopic (exact) mass is 380 g/mol. The first-order valence-electron chi connectivity index (χ1n) is 9.22. The van der Waals surface area contributed by atoms with Gasteiger partial charge in [0.25, 0.3) is 0 Å². The lowest BCUT2D eigenvalue weighted by Crippen LogP contribution is -2.39. The lowest BCUT2D eigenvalue weighted by atomic mass is 10.1. The summed E-state index contributed by atoms with van der Waals surface area (Å²) < 4.78 is 15.4. The summed E-state index contributed by atoms with van der Waals surface area (Å²) in [6.45, 7) is 4.83. The Hall–Kier alpha value is -3.22. The molecule has 6 nitrogen and oxygen atoms in total. The van der Waals surface area contributed by atoms with Crippen molar-refractivity contribution in [2.75, 3.05) is 0 Å². The third-order valence-corrected chi connectivity index (χ3v) is 4.56. The van der Waals surface area contributed by atoms with Crippen LogP contribution in [0, 0.1) is 12.7 Å². The third-order valence-electron chi connectivity index (χ3n) is 4.56. The molecular formula is C21H25FN6. The van der Waals surface area contributed by atoms with Gasteiger partial charge in [0.1, 0.15) is 11.6 Å². The first kappa shape index (κ1) is 19.5. The molecule has 1 aromatic heterocycles. The second kappa shape index (κ2) is 9.12. The van der Waals surface area contributed by atoms with E-state index in [0.29, 0.717) is 19.0 Å². The van der Waals surface area contributed by atoms with Crippen LogP contribution in [0.25, 0.3) is 0 Å². The summed E-state index contributed by atoms with van der Waals surface area (Å²) in [5.41, 5.74) is 1.96. The van der Waals surface area contributed by atoms with Crippen molar-refractivity contribution >= 4 is 5.96 Å². The predicted octanol–water partition coefficient (Wildman–Crippen LogP) is 3.26. The molecule has 0 bridgehead atoms. The van der Waals surface area contributed by atoms with Gasteiger partial charge in [0.15, 0.2) is 11.8 Å². The zero-order valence-corrected chi connectivity index (χ0v) is 16.4. The summed E-state index contributed by atoms with van der Waals surface area (Å²) in [6, 6.07) is 16.7. The van der Waals surface area contributed by atoms with Gasteiger partial charge in [0.05, 0.1) is 19.1 Å². The summed E-state index contributed by atoms with van der Waals surface area (Å²) in [4.78, 5) is 4.62. The Morgan fingerprint density at radius 1 is 1.14 bits per heavy atom. The van der Waals surface area contributed by atoms with Gasteiger partial charge in [-0.05, 0) is 37.1 Å². The number of hydrogen-bond donors (Lipinski definition) is 2. The Morgan fingerprint density at radius 3 is 2.61 bits per heavy atom. The Morgan fingerprint density at radius 2 is 1.93 bits per heavy atom. The molecule has 146 valence electrons. The maximum atomic E-state index is 13.4. The average Bonchev–Trinajstić information content (AvgIpc) is 3.02. The van der Waals surface area contributed by atoms with Crippen LogP contribution in [0.2, 0.25) is 0 Å². The number of aliphatic imine (C=N–C) groups is 1. The normalized spacial score (nSPS) is 12.6. The molecule has 0 amide bonds. The number of rotatable bonds is 6. The van der Waals surface area contributed by atoms with Crippen LogP contribution in [0.4, 0.5) is 4.39 Å². The fourth-order valence-corrected chi connectivity index (χ4v) is 2.76. The fourth-order valence-electron chi connectivity index (χ4n) is 2.76. The van der Waals surface area contributed by atoms with Gasteiger partial charge in [-0.2, -0.15) is 0 Å². The molecule has 0 aliphatic carbocycles. The molecule has 0 saturated carbocycles. The molecule has 0 aliphatic rings. The smallest absolute Gasteiger partial charge is 0.192 e. The number of aryl methyl sites for hydroxylation is 1. The number of nitrogens with zero attached hydrogens (tertiary/aromatic N) is 4. The SMILES string of the molecule is Cc1nnc(CNC(=NCc2cccc(F)c2)NC(C)c2ccccc2)n1C. The minimum Gasteiger partial charge on any atom is -0.350 e. The number of aromatic nitrogens is 3. The molecule has 0 aliphatic heterocycles. The van der Waals surface area contributed by atoms with Gasteiger partial charge in [-0.15, -0.1) is 10.2 Å². The summed E-state index contributed by atoms with van der Waals surface area (Å²) in [7, 11) is 1.93. The standard InChI is InChI=1S/C21H25FN6/c1-15(18-9-5-4-6-10-18)25-21(23-13-17-8-7-11-19(22)12-17)24-14-20-27-26-16(2)28(20)3/h4-12,15H,13-14H2,1-3H3,(H2,23,24,25). The van der Waals surface area contributed by atoms with Crippen molar-refractivity contribution in [3.05, 3.63) is 83.2 Å². The van der Waals surface area contributed by atoms with E-state index in [0.717, 1.165) is 22.8 Å². The Labute approximate surface area is 164 Å². The molecule has 1 heterocycles. The number of guanidine groups is 1. The highest BCUT2D eigenvalue weighted by atomic mass is 19.1. The van der Waals surface area contributed by atoms with Crippen LogP contribution >= 0.6 is 0 Å². The lowest BCUT2D eigenvalue weighted by Gasteiger charge is -2.18. The lowest BCUT2D eigenvalue weighted by molar-refractivity contribution is 0.625. The van der Waals surface area contributed by atoms with Gasteiger partial charge >= 0.3 is 0 Å². The van der Waals surface area contributed by atoms with Crippen LogP contribution in [0.3, 0.4) is 0 Å². The van der Waals surface area contributed by atoms with E-state index in [9.17, 15) is 4.39 Å². The quantitative estimate of drug-likeness (QED) is 0.509. The summed E-state index contributed by atoms with van der Waals surface area (Å²) in [6.07, 6.45) is 0. The minimum absolute atomic E-state index is 0.0567. The van der Waals surface area contributed by atoms with Crippen molar-refractivity contribution in [1.82, 2.24) is 25.4 Å². The van der Waals surface area contributed by atoms with Crippen LogP contribution in [0.15, 0.2) is 59.6 Å². The molecular weight excluding hydrogens is 355 g/mol. The van der Waals surface area contributed by atoms with E-state index < -0.39 is 0 Å². The summed E-state index contributed by atoms with van der Waals surface area (Å²) in [5.74, 6) is 2.02.